The lowest BCUT2D eigenvalue weighted by atomic mass is 9.99. The van der Waals surface area contributed by atoms with E-state index in [4.69, 9.17) is 32.2 Å². The fourth-order valence-corrected chi connectivity index (χ4v) is 2.54. The smallest absolute Gasteiger partial charge is 0.300 e. The Morgan fingerprint density at radius 1 is 0.643 bits per heavy atom. The number of benzene rings is 3. The minimum atomic E-state index is -0.833. The zero-order valence-corrected chi connectivity index (χ0v) is 15.4. The van der Waals surface area contributed by atoms with Gasteiger partial charge in [0.25, 0.3) is 5.97 Å². The first-order valence-electron chi connectivity index (χ1n) is 8.47. The number of carboxylic acid groups (broad SMARTS) is 1. The maximum atomic E-state index is 9.00. The quantitative estimate of drug-likeness (QED) is 0.351. The average molecular weight is 374 g/mol. The van der Waals surface area contributed by atoms with E-state index < -0.39 is 5.97 Å². The molecule has 0 aliphatic heterocycles. The van der Waals surface area contributed by atoms with Crippen LogP contribution in [0.15, 0.2) is 72.8 Å². The maximum absolute atomic E-state index is 9.00. The number of nitrogens with two attached hydrogens (primary N) is 2. The maximum Gasteiger partial charge on any atom is 0.300 e. The number of hydrogen-bond donors (Lipinski definition) is 5. The number of carboxylic acids is 1. The van der Waals surface area contributed by atoms with E-state index in [9.17, 15) is 0 Å². The van der Waals surface area contributed by atoms with Crippen LogP contribution < -0.4 is 11.5 Å². The van der Waals surface area contributed by atoms with Crippen molar-refractivity contribution in [3.05, 3.63) is 83.9 Å². The first-order chi connectivity index (χ1) is 13.3. The van der Waals surface area contributed by atoms with E-state index in [1.807, 2.05) is 48.5 Å². The monoisotopic (exact) mass is 374 g/mol. The van der Waals surface area contributed by atoms with Crippen molar-refractivity contribution in [2.45, 2.75) is 6.92 Å². The van der Waals surface area contributed by atoms with Gasteiger partial charge in [-0.2, -0.15) is 0 Å². The zero-order chi connectivity index (χ0) is 20.7. The highest BCUT2D eigenvalue weighted by Crippen LogP contribution is 2.25. The summed E-state index contributed by atoms with van der Waals surface area (Å²) in [7, 11) is 0. The molecule has 0 amide bonds. The van der Waals surface area contributed by atoms with Crippen molar-refractivity contribution < 1.29 is 9.90 Å². The summed E-state index contributed by atoms with van der Waals surface area (Å²) < 4.78 is 0. The van der Waals surface area contributed by atoms with Crippen LogP contribution in [0.1, 0.15) is 18.1 Å². The van der Waals surface area contributed by atoms with Crippen LogP contribution in [0.5, 0.6) is 0 Å². The van der Waals surface area contributed by atoms with Gasteiger partial charge in [0.05, 0.1) is 0 Å². The van der Waals surface area contributed by atoms with E-state index in [1.54, 1.807) is 0 Å². The fraction of sp³-hybridized carbons (Fsp3) is 0.0455. The summed E-state index contributed by atoms with van der Waals surface area (Å²) >= 11 is 0. The lowest BCUT2D eigenvalue weighted by Gasteiger charge is -2.07. The number of nitrogen functional groups attached to an aromatic ring is 2. The molecule has 0 saturated heterocycles. The summed E-state index contributed by atoms with van der Waals surface area (Å²) in [4.78, 5) is 9.00. The predicted octanol–water partition coefficient (Wildman–Crippen LogP) is 3.68. The molecule has 0 fully saturated rings. The Morgan fingerprint density at radius 2 is 0.821 bits per heavy atom. The first-order valence-corrected chi connectivity index (χ1v) is 8.47. The molecule has 0 heterocycles. The summed E-state index contributed by atoms with van der Waals surface area (Å²) in [5, 5.41) is 22.3. The highest BCUT2D eigenvalue weighted by Gasteiger charge is 2.03. The van der Waals surface area contributed by atoms with Crippen LogP contribution in [0, 0.1) is 10.8 Å². The highest BCUT2D eigenvalue weighted by atomic mass is 16.4. The zero-order valence-electron chi connectivity index (χ0n) is 15.4. The van der Waals surface area contributed by atoms with Gasteiger partial charge in [-0.15, -0.1) is 0 Å². The van der Waals surface area contributed by atoms with Crippen molar-refractivity contribution >= 4 is 17.6 Å². The second-order valence-corrected chi connectivity index (χ2v) is 6.08. The van der Waals surface area contributed by atoms with Crippen molar-refractivity contribution in [2.75, 3.05) is 0 Å². The van der Waals surface area contributed by atoms with Gasteiger partial charge in [0.2, 0.25) is 0 Å². The number of aliphatic carboxylic acids is 1. The number of hydrogen-bond acceptors (Lipinski definition) is 3. The van der Waals surface area contributed by atoms with Gasteiger partial charge in [0, 0.05) is 18.1 Å². The van der Waals surface area contributed by atoms with Crippen molar-refractivity contribution in [3.8, 4) is 22.3 Å². The van der Waals surface area contributed by atoms with E-state index >= 15 is 0 Å². The van der Waals surface area contributed by atoms with Gasteiger partial charge in [-0.1, -0.05) is 72.8 Å². The average Bonchev–Trinajstić information content (AvgIpc) is 2.68. The highest BCUT2D eigenvalue weighted by molar-refractivity contribution is 5.96. The number of rotatable bonds is 4. The van der Waals surface area contributed by atoms with Crippen LogP contribution in [0.2, 0.25) is 0 Å². The largest absolute Gasteiger partial charge is 0.481 e. The summed E-state index contributed by atoms with van der Waals surface area (Å²) in [6.45, 7) is 1.08. The van der Waals surface area contributed by atoms with Gasteiger partial charge >= 0.3 is 0 Å². The van der Waals surface area contributed by atoms with Gasteiger partial charge < -0.3 is 16.6 Å². The van der Waals surface area contributed by atoms with E-state index in [0.29, 0.717) is 0 Å². The molecule has 6 heteroatoms. The molecule has 0 bridgehead atoms. The lowest BCUT2D eigenvalue weighted by Crippen LogP contribution is -2.10. The fourth-order valence-electron chi connectivity index (χ4n) is 2.54. The van der Waals surface area contributed by atoms with Crippen LogP contribution >= 0.6 is 0 Å². The Labute approximate surface area is 163 Å². The summed E-state index contributed by atoms with van der Waals surface area (Å²) in [5.74, 6) is -0.684. The lowest BCUT2D eigenvalue weighted by molar-refractivity contribution is -0.134. The molecule has 6 nitrogen and oxygen atoms in total. The Morgan fingerprint density at radius 3 is 1.00 bits per heavy atom. The van der Waals surface area contributed by atoms with Crippen LogP contribution in [0.3, 0.4) is 0 Å². The van der Waals surface area contributed by atoms with Gasteiger partial charge in [-0.25, -0.2) is 0 Å². The van der Waals surface area contributed by atoms with E-state index in [1.165, 1.54) is 0 Å². The van der Waals surface area contributed by atoms with E-state index in [2.05, 4.69) is 24.3 Å². The number of amidine groups is 2. The molecule has 28 heavy (non-hydrogen) atoms. The third-order valence-electron chi connectivity index (χ3n) is 3.94. The molecule has 0 unspecified atom stereocenters. The van der Waals surface area contributed by atoms with Crippen LogP contribution in [-0.2, 0) is 4.79 Å². The third-order valence-corrected chi connectivity index (χ3v) is 3.94. The topological polar surface area (TPSA) is 137 Å². The molecule has 3 aromatic carbocycles. The van der Waals surface area contributed by atoms with Gasteiger partial charge in [0.1, 0.15) is 11.7 Å². The number of carbonyl (C=O) groups is 1. The Bertz CT molecular complexity index is 896. The minimum absolute atomic E-state index is 0.0749. The first kappa shape index (κ1) is 20.4. The molecule has 0 atom stereocenters. The number of nitrogens with one attached hydrogen (secondary N) is 2. The molecule has 0 aromatic heterocycles. The van der Waals surface area contributed by atoms with Gasteiger partial charge in [0.15, 0.2) is 0 Å². The minimum Gasteiger partial charge on any atom is -0.481 e. The molecule has 7 N–H and O–H groups in total. The summed E-state index contributed by atoms with van der Waals surface area (Å²) in [5.41, 5.74) is 16.8. The molecule has 3 aromatic rings. The normalized spacial score (nSPS) is 9.75. The molecule has 142 valence electrons. The van der Waals surface area contributed by atoms with Crippen molar-refractivity contribution in [3.63, 3.8) is 0 Å². The van der Waals surface area contributed by atoms with Gasteiger partial charge in [-0.05, 0) is 22.3 Å². The van der Waals surface area contributed by atoms with Crippen molar-refractivity contribution in [1.82, 2.24) is 0 Å². The molecule has 0 radical (unpaired) electrons. The molecule has 3 rings (SSSR count). The molecular weight excluding hydrogens is 352 g/mol. The Hall–Kier alpha value is -3.93. The van der Waals surface area contributed by atoms with E-state index in [0.717, 1.165) is 40.3 Å². The third kappa shape index (κ3) is 5.54. The van der Waals surface area contributed by atoms with Crippen LogP contribution in [-0.4, -0.2) is 22.7 Å². The van der Waals surface area contributed by atoms with E-state index in [-0.39, 0.29) is 11.7 Å². The Balaban J connectivity index is 0.000000640. The molecular formula is C22H22N4O2. The molecule has 0 aliphatic rings. The van der Waals surface area contributed by atoms with Gasteiger partial charge in [-0.3, -0.25) is 15.6 Å². The summed E-state index contributed by atoms with van der Waals surface area (Å²) in [6, 6.07) is 23.5. The second-order valence-electron chi connectivity index (χ2n) is 6.08. The Kier molecular flexibility index (Phi) is 6.65. The molecule has 0 saturated carbocycles. The SMILES string of the molecule is CC(=O)O.N=C(N)c1ccc(-c2ccc(-c3ccc(C(=N)N)cc3)cc2)cc1. The molecule has 0 aliphatic carbocycles. The molecule has 0 spiro atoms. The van der Waals surface area contributed by atoms with Crippen molar-refractivity contribution in [2.24, 2.45) is 11.5 Å². The second kappa shape index (κ2) is 9.14. The van der Waals surface area contributed by atoms with Crippen molar-refractivity contribution in [1.29, 1.82) is 10.8 Å². The van der Waals surface area contributed by atoms with Crippen LogP contribution in [0.25, 0.3) is 22.3 Å². The van der Waals surface area contributed by atoms with Crippen LogP contribution in [0.4, 0.5) is 0 Å². The summed E-state index contributed by atoms with van der Waals surface area (Å²) in [6.07, 6.45) is 0. The predicted molar refractivity (Wildman–Crippen MR) is 113 cm³/mol. The standard InChI is InChI=1S/C20H18N4.C2H4O2/c21-19(22)17-9-5-15(6-10-17)13-1-2-14(4-3-13)16-7-11-18(12-8-16)20(23)24;1-2(3)4/h1-12H,(H3,21,22)(H3,23,24);1H3,(H,3,4).